The number of hydrogen-bond donors (Lipinski definition) is 1. The van der Waals surface area contributed by atoms with E-state index in [1.54, 1.807) is 10.3 Å². The minimum Gasteiger partial charge on any atom is -0.349 e. The molecular formula is C22H30N4O2S. The number of nitrogens with zero attached hydrogens (tertiary/aromatic N) is 3. The van der Waals surface area contributed by atoms with Crippen LogP contribution in [0.15, 0.2) is 35.7 Å². The predicted molar refractivity (Wildman–Crippen MR) is 115 cm³/mol. The molecule has 2 aromatic rings. The summed E-state index contributed by atoms with van der Waals surface area (Å²) in [7, 11) is 0. The average molecular weight is 415 g/mol. The van der Waals surface area contributed by atoms with Gasteiger partial charge in [0.25, 0.3) is 5.91 Å². The van der Waals surface area contributed by atoms with Gasteiger partial charge in [0.2, 0.25) is 5.91 Å². The average Bonchev–Trinajstić information content (AvgIpc) is 3.20. The quantitative estimate of drug-likeness (QED) is 0.795. The van der Waals surface area contributed by atoms with Crippen LogP contribution in [0.2, 0.25) is 0 Å². The molecule has 0 spiro atoms. The Morgan fingerprint density at radius 3 is 2.34 bits per heavy atom. The van der Waals surface area contributed by atoms with Crippen LogP contribution in [-0.2, 0) is 4.79 Å². The van der Waals surface area contributed by atoms with Crippen molar-refractivity contribution in [1.29, 1.82) is 0 Å². The third-order valence-electron chi connectivity index (χ3n) is 5.33. The van der Waals surface area contributed by atoms with E-state index >= 15 is 0 Å². The number of benzene rings is 1. The summed E-state index contributed by atoms with van der Waals surface area (Å²) in [5.41, 5.74) is 0.713. The Labute approximate surface area is 176 Å². The van der Waals surface area contributed by atoms with Crippen molar-refractivity contribution >= 4 is 23.3 Å². The van der Waals surface area contributed by atoms with Gasteiger partial charge in [0.15, 0.2) is 5.69 Å². The van der Waals surface area contributed by atoms with Crippen LogP contribution >= 0.6 is 11.5 Å². The van der Waals surface area contributed by atoms with E-state index in [2.05, 4.69) is 21.8 Å². The van der Waals surface area contributed by atoms with Crippen LogP contribution in [0.4, 0.5) is 0 Å². The maximum Gasteiger partial charge on any atom is 0.276 e. The second-order valence-corrected chi connectivity index (χ2v) is 9.58. The Morgan fingerprint density at radius 1 is 1.14 bits per heavy atom. The molecule has 6 nitrogen and oxygen atoms in total. The lowest BCUT2D eigenvalue weighted by molar-refractivity contribution is -0.128. The van der Waals surface area contributed by atoms with E-state index in [1.807, 2.05) is 51.1 Å². The van der Waals surface area contributed by atoms with Crippen LogP contribution in [0.5, 0.6) is 0 Å². The summed E-state index contributed by atoms with van der Waals surface area (Å²) >= 11 is 1.15. The first kappa shape index (κ1) is 21.4. The van der Waals surface area contributed by atoms with E-state index in [4.69, 9.17) is 0 Å². The van der Waals surface area contributed by atoms with Crippen LogP contribution in [0.3, 0.4) is 0 Å². The molecule has 0 saturated heterocycles. The lowest BCUT2D eigenvalue weighted by atomic mass is 9.85. The second-order valence-electron chi connectivity index (χ2n) is 8.97. The normalized spacial score (nSPS) is 20.7. The highest BCUT2D eigenvalue weighted by molar-refractivity contribution is 7.03. The highest BCUT2D eigenvalue weighted by atomic mass is 32.1. The SMILES string of the molecule is CC1CCC(N(C(=O)c2csnn2)C(C(=O)NC(C)(C)C)c2ccccc2)CC1. The van der Waals surface area contributed by atoms with Crippen LogP contribution < -0.4 is 5.32 Å². The highest BCUT2D eigenvalue weighted by Crippen LogP contribution is 2.34. The number of carbonyl (C=O) groups is 2. The Bertz CT molecular complexity index is 809. The van der Waals surface area contributed by atoms with Crippen LogP contribution in [0.1, 0.15) is 75.5 Å². The van der Waals surface area contributed by atoms with Crippen LogP contribution in [0, 0.1) is 5.92 Å². The molecule has 156 valence electrons. The molecule has 2 amide bonds. The molecule has 1 atom stereocenters. The zero-order valence-electron chi connectivity index (χ0n) is 17.6. The molecule has 0 bridgehead atoms. The van der Waals surface area contributed by atoms with Gasteiger partial charge in [-0.25, -0.2) is 0 Å². The molecule has 1 unspecified atom stereocenters. The Kier molecular flexibility index (Phi) is 6.67. The number of rotatable bonds is 5. The van der Waals surface area contributed by atoms with Gasteiger partial charge < -0.3 is 10.2 Å². The molecule has 7 heteroatoms. The fourth-order valence-electron chi connectivity index (χ4n) is 3.92. The Hall–Kier alpha value is -2.28. The van der Waals surface area contributed by atoms with Gasteiger partial charge in [-0.15, -0.1) is 5.10 Å². The lowest BCUT2D eigenvalue weighted by Gasteiger charge is -2.41. The summed E-state index contributed by atoms with van der Waals surface area (Å²) in [5, 5.41) is 8.74. The fraction of sp³-hybridized carbons (Fsp3) is 0.545. The Balaban J connectivity index is 2.03. The van der Waals surface area contributed by atoms with E-state index in [0.717, 1.165) is 42.8 Å². The van der Waals surface area contributed by atoms with Gasteiger partial charge in [0.05, 0.1) is 0 Å². The highest BCUT2D eigenvalue weighted by Gasteiger charge is 2.39. The predicted octanol–water partition coefficient (Wildman–Crippen LogP) is 4.22. The van der Waals surface area contributed by atoms with E-state index in [-0.39, 0.29) is 17.9 Å². The number of aromatic nitrogens is 2. The van der Waals surface area contributed by atoms with Crippen molar-refractivity contribution < 1.29 is 9.59 Å². The van der Waals surface area contributed by atoms with Gasteiger partial charge in [0, 0.05) is 17.0 Å². The van der Waals surface area contributed by atoms with Crippen molar-refractivity contribution in [1.82, 2.24) is 19.8 Å². The van der Waals surface area contributed by atoms with Gasteiger partial charge in [-0.3, -0.25) is 9.59 Å². The van der Waals surface area contributed by atoms with Crippen molar-refractivity contribution in [2.45, 2.75) is 71.0 Å². The van der Waals surface area contributed by atoms with Gasteiger partial charge >= 0.3 is 0 Å². The first-order valence-electron chi connectivity index (χ1n) is 10.2. The second kappa shape index (κ2) is 9.03. The number of amides is 2. The molecule has 29 heavy (non-hydrogen) atoms. The van der Waals surface area contributed by atoms with E-state index in [1.165, 1.54) is 0 Å². The first-order valence-corrected chi connectivity index (χ1v) is 11.1. The fourth-order valence-corrected chi connectivity index (χ4v) is 4.35. The summed E-state index contributed by atoms with van der Waals surface area (Å²) < 4.78 is 3.86. The zero-order chi connectivity index (χ0) is 21.0. The lowest BCUT2D eigenvalue weighted by Crippen LogP contribution is -2.53. The molecule has 1 N–H and O–H groups in total. The molecule has 1 aliphatic rings. The van der Waals surface area contributed by atoms with Gasteiger partial charge in [0.1, 0.15) is 6.04 Å². The van der Waals surface area contributed by atoms with Crippen LogP contribution in [0.25, 0.3) is 0 Å². The van der Waals surface area contributed by atoms with Gasteiger partial charge in [-0.05, 0) is 69.5 Å². The van der Waals surface area contributed by atoms with Crippen molar-refractivity contribution in [3.05, 3.63) is 47.0 Å². The first-order chi connectivity index (χ1) is 13.8. The summed E-state index contributed by atoms with van der Waals surface area (Å²) in [4.78, 5) is 28.7. The van der Waals surface area contributed by atoms with Gasteiger partial charge in [-0.2, -0.15) is 0 Å². The zero-order valence-corrected chi connectivity index (χ0v) is 18.4. The third-order valence-corrected chi connectivity index (χ3v) is 5.84. The largest absolute Gasteiger partial charge is 0.349 e. The minimum absolute atomic E-state index is 0.00340. The number of hydrogen-bond acceptors (Lipinski definition) is 5. The molecule has 0 aliphatic heterocycles. The summed E-state index contributed by atoms with van der Waals surface area (Å²) in [6.07, 6.45) is 3.87. The monoisotopic (exact) mass is 414 g/mol. The third kappa shape index (κ3) is 5.41. The number of nitrogens with one attached hydrogen (secondary N) is 1. The number of carbonyl (C=O) groups excluding carboxylic acids is 2. The minimum atomic E-state index is -0.706. The van der Waals surface area contributed by atoms with Crippen molar-refractivity contribution in [3.63, 3.8) is 0 Å². The molecule has 1 aromatic heterocycles. The van der Waals surface area contributed by atoms with E-state index < -0.39 is 11.6 Å². The summed E-state index contributed by atoms with van der Waals surface area (Å²) in [6.45, 7) is 8.09. The van der Waals surface area contributed by atoms with Crippen molar-refractivity contribution in [3.8, 4) is 0 Å². The topological polar surface area (TPSA) is 75.2 Å². The maximum absolute atomic E-state index is 13.5. The summed E-state index contributed by atoms with van der Waals surface area (Å²) in [6, 6.07) is 8.85. The molecule has 3 rings (SSSR count). The molecule has 1 heterocycles. The molecule has 1 saturated carbocycles. The maximum atomic E-state index is 13.5. The smallest absolute Gasteiger partial charge is 0.276 e. The standard InChI is InChI=1S/C22H30N4O2S/c1-15-10-12-17(13-11-15)26(21(28)18-14-29-25-24-18)19(16-8-6-5-7-9-16)20(27)23-22(2,3)4/h5-9,14-15,17,19H,10-13H2,1-4H3,(H,23,27). The van der Waals surface area contributed by atoms with Crippen molar-refractivity contribution in [2.24, 2.45) is 5.92 Å². The molecule has 1 aliphatic carbocycles. The molecule has 1 aromatic carbocycles. The Morgan fingerprint density at radius 2 is 1.79 bits per heavy atom. The molecule has 1 fully saturated rings. The van der Waals surface area contributed by atoms with E-state index in [9.17, 15) is 9.59 Å². The molecular weight excluding hydrogens is 384 g/mol. The van der Waals surface area contributed by atoms with Gasteiger partial charge in [-0.1, -0.05) is 41.7 Å². The van der Waals surface area contributed by atoms with Crippen molar-refractivity contribution in [2.75, 3.05) is 0 Å². The molecule has 0 radical (unpaired) electrons. The summed E-state index contributed by atoms with van der Waals surface area (Å²) in [5.74, 6) is 0.248. The van der Waals surface area contributed by atoms with E-state index in [0.29, 0.717) is 11.6 Å². The van der Waals surface area contributed by atoms with Crippen LogP contribution in [-0.4, -0.2) is 37.9 Å².